The van der Waals surface area contributed by atoms with Crippen LogP contribution in [0.5, 0.6) is 0 Å². The van der Waals surface area contributed by atoms with Crippen LogP contribution in [0.3, 0.4) is 0 Å². The molecule has 1 heterocycles. The molecular weight excluding hydrogens is 304 g/mol. The molecule has 2 nitrogen and oxygen atoms in total. The van der Waals surface area contributed by atoms with E-state index in [-0.39, 0.29) is 0 Å². The van der Waals surface area contributed by atoms with Gasteiger partial charge in [0.15, 0.2) is 0 Å². The van der Waals surface area contributed by atoms with Gasteiger partial charge in [0.2, 0.25) is 0 Å². The molecule has 2 heteroatoms. The fourth-order valence-electron chi connectivity index (χ4n) is 1.75. The van der Waals surface area contributed by atoms with Gasteiger partial charge < -0.3 is 0 Å². The van der Waals surface area contributed by atoms with Crippen molar-refractivity contribution in [1.29, 1.82) is 0 Å². The van der Waals surface area contributed by atoms with Gasteiger partial charge in [-0.15, -0.1) is 0 Å². The standard InChI is InChI=1S/C19H22N2.2C2H6/c1-5-8-13-20-16(4)18(11-6-2)15-17(7-3)19-12-9-10-14-21-19;2*1-2/h5-15H,1H2,2-4H3;2*1-2H3/b11-6-,13-8-,17-7+,18-15+,20-16-;;. The zero-order chi connectivity index (χ0) is 19.5. The number of hydrogen-bond donors (Lipinski definition) is 0. The van der Waals surface area contributed by atoms with Crippen LogP contribution in [-0.4, -0.2) is 10.7 Å². The molecule has 0 aliphatic rings. The molecule has 0 bridgehead atoms. The van der Waals surface area contributed by atoms with Gasteiger partial charge in [-0.05, 0) is 56.2 Å². The Hall–Kier alpha value is -2.48. The normalized spacial score (nSPS) is 12.4. The second kappa shape index (κ2) is 17.9. The van der Waals surface area contributed by atoms with Gasteiger partial charge in [-0.25, -0.2) is 0 Å². The zero-order valence-corrected chi connectivity index (χ0v) is 17.0. The summed E-state index contributed by atoms with van der Waals surface area (Å²) in [5.41, 5.74) is 4.04. The van der Waals surface area contributed by atoms with Gasteiger partial charge in [0, 0.05) is 18.1 Å². The first-order chi connectivity index (χ1) is 12.2. The Morgan fingerprint density at radius 1 is 1.12 bits per heavy atom. The lowest BCUT2D eigenvalue weighted by Crippen LogP contribution is -1.96. The number of pyridine rings is 1. The molecular formula is C23H34N2. The predicted octanol–water partition coefficient (Wildman–Crippen LogP) is 7.20. The highest BCUT2D eigenvalue weighted by Gasteiger charge is 2.02. The maximum absolute atomic E-state index is 4.41. The number of allylic oxidation sites excluding steroid dienone is 8. The molecule has 0 saturated carbocycles. The van der Waals surface area contributed by atoms with Crippen molar-refractivity contribution < 1.29 is 0 Å². The molecule has 0 aromatic carbocycles. The lowest BCUT2D eigenvalue weighted by molar-refractivity contribution is 1.28. The summed E-state index contributed by atoms with van der Waals surface area (Å²) < 4.78 is 0. The summed E-state index contributed by atoms with van der Waals surface area (Å²) in [5.74, 6) is 0. The minimum Gasteiger partial charge on any atom is -0.261 e. The van der Waals surface area contributed by atoms with E-state index in [1.165, 1.54) is 0 Å². The third-order valence-corrected chi connectivity index (χ3v) is 2.84. The van der Waals surface area contributed by atoms with E-state index in [1.54, 1.807) is 18.5 Å². The van der Waals surface area contributed by atoms with E-state index in [0.717, 1.165) is 22.6 Å². The minimum atomic E-state index is 0.946. The number of rotatable bonds is 6. The molecule has 0 fully saturated rings. The molecule has 25 heavy (non-hydrogen) atoms. The molecule has 0 unspecified atom stereocenters. The zero-order valence-electron chi connectivity index (χ0n) is 17.0. The van der Waals surface area contributed by atoms with Gasteiger partial charge in [0.25, 0.3) is 0 Å². The molecule has 0 N–H and O–H groups in total. The Morgan fingerprint density at radius 2 is 1.80 bits per heavy atom. The van der Waals surface area contributed by atoms with Crippen LogP contribution in [0.1, 0.15) is 54.2 Å². The Kier molecular flexibility index (Phi) is 17.7. The fourth-order valence-corrected chi connectivity index (χ4v) is 1.75. The van der Waals surface area contributed by atoms with Crippen LogP contribution >= 0.6 is 0 Å². The van der Waals surface area contributed by atoms with Crippen molar-refractivity contribution >= 4 is 11.3 Å². The van der Waals surface area contributed by atoms with Gasteiger partial charge in [0.05, 0.1) is 5.69 Å². The maximum Gasteiger partial charge on any atom is 0.0698 e. The van der Waals surface area contributed by atoms with E-state index in [1.807, 2.05) is 84.9 Å². The average Bonchev–Trinajstić information content (AvgIpc) is 2.69. The first-order valence-electron chi connectivity index (χ1n) is 8.97. The first kappa shape index (κ1) is 24.8. The molecule has 0 aliphatic heterocycles. The summed E-state index contributed by atoms with van der Waals surface area (Å²) in [6.45, 7) is 17.6. The van der Waals surface area contributed by atoms with E-state index in [2.05, 4.69) is 28.7 Å². The average molecular weight is 339 g/mol. The van der Waals surface area contributed by atoms with Crippen molar-refractivity contribution in [2.45, 2.75) is 48.5 Å². The van der Waals surface area contributed by atoms with Crippen LogP contribution < -0.4 is 0 Å². The molecule has 0 amide bonds. The lowest BCUT2D eigenvalue weighted by Gasteiger charge is -2.05. The van der Waals surface area contributed by atoms with Crippen LogP contribution in [-0.2, 0) is 0 Å². The van der Waals surface area contributed by atoms with E-state index >= 15 is 0 Å². The molecule has 1 aromatic rings. The number of aliphatic imine (C=N–C) groups is 1. The molecule has 1 rings (SSSR count). The summed E-state index contributed by atoms with van der Waals surface area (Å²) in [4.78, 5) is 8.81. The Labute approximate surface area is 155 Å². The molecule has 1 aromatic heterocycles. The molecule has 0 saturated heterocycles. The van der Waals surface area contributed by atoms with Crippen LogP contribution in [0.15, 0.2) is 84.2 Å². The summed E-state index contributed by atoms with van der Waals surface area (Å²) in [6, 6.07) is 5.91. The summed E-state index contributed by atoms with van der Waals surface area (Å²) >= 11 is 0. The molecule has 0 aliphatic carbocycles. The number of aromatic nitrogens is 1. The highest BCUT2D eigenvalue weighted by molar-refractivity contribution is 6.03. The van der Waals surface area contributed by atoms with Gasteiger partial charge >= 0.3 is 0 Å². The van der Waals surface area contributed by atoms with Crippen molar-refractivity contribution in [3.05, 3.63) is 84.9 Å². The molecule has 0 atom stereocenters. The topological polar surface area (TPSA) is 25.2 Å². The van der Waals surface area contributed by atoms with E-state index < -0.39 is 0 Å². The van der Waals surface area contributed by atoms with Gasteiger partial charge in [0.1, 0.15) is 0 Å². The molecule has 0 spiro atoms. The number of nitrogens with zero attached hydrogens (tertiary/aromatic N) is 2. The maximum atomic E-state index is 4.41. The molecule has 136 valence electrons. The van der Waals surface area contributed by atoms with E-state index in [0.29, 0.717) is 0 Å². The number of hydrogen-bond acceptors (Lipinski definition) is 2. The quantitative estimate of drug-likeness (QED) is 0.397. The second-order valence-electron chi connectivity index (χ2n) is 4.35. The highest BCUT2D eigenvalue weighted by atomic mass is 14.7. The van der Waals surface area contributed by atoms with Crippen LogP contribution in [0.4, 0.5) is 0 Å². The van der Waals surface area contributed by atoms with Crippen LogP contribution in [0.2, 0.25) is 0 Å². The first-order valence-corrected chi connectivity index (χ1v) is 8.97. The third kappa shape index (κ3) is 10.8. The van der Waals surface area contributed by atoms with Crippen molar-refractivity contribution in [1.82, 2.24) is 4.98 Å². The Bertz CT molecular complexity index is 600. The monoisotopic (exact) mass is 338 g/mol. The van der Waals surface area contributed by atoms with Crippen molar-refractivity contribution in [3.8, 4) is 0 Å². The summed E-state index contributed by atoms with van der Waals surface area (Å²) in [5, 5.41) is 0. The highest BCUT2D eigenvalue weighted by Crippen LogP contribution is 2.16. The van der Waals surface area contributed by atoms with Gasteiger partial charge in [-0.2, -0.15) is 0 Å². The third-order valence-electron chi connectivity index (χ3n) is 2.84. The largest absolute Gasteiger partial charge is 0.261 e. The van der Waals surface area contributed by atoms with Crippen LogP contribution in [0.25, 0.3) is 5.57 Å². The van der Waals surface area contributed by atoms with Crippen molar-refractivity contribution in [2.24, 2.45) is 4.99 Å². The summed E-state index contributed by atoms with van der Waals surface area (Å²) in [6.07, 6.45) is 15.3. The van der Waals surface area contributed by atoms with Gasteiger partial charge in [-0.3, -0.25) is 9.98 Å². The Morgan fingerprint density at radius 3 is 2.28 bits per heavy atom. The van der Waals surface area contributed by atoms with Crippen LogP contribution in [0, 0.1) is 0 Å². The van der Waals surface area contributed by atoms with E-state index in [9.17, 15) is 0 Å². The fraction of sp³-hybridized carbons (Fsp3) is 0.304. The molecule has 0 radical (unpaired) electrons. The smallest absolute Gasteiger partial charge is 0.0698 e. The summed E-state index contributed by atoms with van der Waals surface area (Å²) in [7, 11) is 0. The van der Waals surface area contributed by atoms with E-state index in [4.69, 9.17) is 0 Å². The second-order valence-corrected chi connectivity index (χ2v) is 4.35. The van der Waals surface area contributed by atoms with Crippen molar-refractivity contribution in [2.75, 3.05) is 0 Å². The SMILES string of the molecule is C=C/C=C\N=C(C)/C(/C=C\C)=C/C(=C\C)c1ccccn1.CC.CC. The lowest BCUT2D eigenvalue weighted by atomic mass is 10.0. The Balaban J connectivity index is 0. The predicted molar refractivity (Wildman–Crippen MR) is 116 cm³/mol. The van der Waals surface area contributed by atoms with Crippen molar-refractivity contribution in [3.63, 3.8) is 0 Å². The van der Waals surface area contributed by atoms with Gasteiger partial charge in [-0.1, -0.05) is 64.6 Å². The minimum absolute atomic E-state index is 0.946.